The lowest BCUT2D eigenvalue weighted by Gasteiger charge is -2.11. The summed E-state index contributed by atoms with van der Waals surface area (Å²) < 4.78 is 0. The molecule has 0 saturated carbocycles. The molecule has 0 saturated heterocycles. The second kappa shape index (κ2) is 7.83. The highest BCUT2D eigenvalue weighted by molar-refractivity contribution is 6.30. The lowest BCUT2D eigenvalue weighted by atomic mass is 9.99. The monoisotopic (exact) mass is 294 g/mol. The summed E-state index contributed by atoms with van der Waals surface area (Å²) in [6.45, 7) is 4.82. The molecular formula is C14H19ClN4O. The molecule has 1 rings (SSSR count). The Hall–Kier alpha value is -1.64. The van der Waals surface area contributed by atoms with Crippen molar-refractivity contribution in [2.24, 2.45) is 5.73 Å². The van der Waals surface area contributed by atoms with Crippen LogP contribution in [0.3, 0.4) is 0 Å². The lowest BCUT2D eigenvalue weighted by molar-refractivity contribution is -0.121. The summed E-state index contributed by atoms with van der Waals surface area (Å²) in [5.74, 6) is -0.0225. The number of pyridine rings is 1. The molecule has 3 N–H and O–H groups in total. The Labute approximate surface area is 124 Å². The third-order valence-electron chi connectivity index (χ3n) is 3.15. The average molecular weight is 295 g/mol. The van der Waals surface area contributed by atoms with Crippen molar-refractivity contribution in [1.29, 1.82) is 5.26 Å². The largest absolute Gasteiger partial charge is 0.356 e. The molecule has 1 amide bonds. The molecule has 0 aliphatic heterocycles. The first-order valence-corrected chi connectivity index (χ1v) is 6.91. The van der Waals surface area contributed by atoms with Crippen LogP contribution in [0.4, 0.5) is 0 Å². The van der Waals surface area contributed by atoms with Crippen molar-refractivity contribution < 1.29 is 4.79 Å². The zero-order valence-electron chi connectivity index (χ0n) is 11.8. The molecule has 0 spiro atoms. The van der Waals surface area contributed by atoms with Gasteiger partial charge in [0.1, 0.15) is 11.2 Å². The summed E-state index contributed by atoms with van der Waals surface area (Å²) in [6, 6.07) is 2.05. The number of amides is 1. The Bertz CT molecular complexity index is 537. The van der Waals surface area contributed by atoms with Crippen molar-refractivity contribution in [1.82, 2.24) is 10.3 Å². The van der Waals surface area contributed by atoms with E-state index >= 15 is 0 Å². The van der Waals surface area contributed by atoms with Crippen molar-refractivity contribution in [2.75, 3.05) is 13.1 Å². The molecule has 108 valence electrons. The smallest absolute Gasteiger partial charge is 0.220 e. The highest BCUT2D eigenvalue weighted by Gasteiger charge is 2.14. The number of hydrogen-bond acceptors (Lipinski definition) is 4. The van der Waals surface area contributed by atoms with Crippen LogP contribution in [0, 0.1) is 25.2 Å². The second-order valence-electron chi connectivity index (χ2n) is 4.57. The molecule has 0 bridgehead atoms. The van der Waals surface area contributed by atoms with E-state index in [1.54, 1.807) is 0 Å². The van der Waals surface area contributed by atoms with Gasteiger partial charge < -0.3 is 11.1 Å². The molecule has 0 aromatic carbocycles. The number of nitrogens with one attached hydrogen (secondary N) is 1. The first-order valence-electron chi connectivity index (χ1n) is 6.53. The standard InChI is InChI=1S/C14H19ClN4O/c1-9-11(4-5-13(20)18-7-3-6-16)10(2)19-14(15)12(9)8-17/h3-7,16H2,1-2H3,(H,18,20). The van der Waals surface area contributed by atoms with E-state index in [-0.39, 0.29) is 11.1 Å². The molecule has 0 atom stereocenters. The molecule has 0 fully saturated rings. The minimum atomic E-state index is -0.0225. The Morgan fingerprint density at radius 3 is 2.80 bits per heavy atom. The van der Waals surface area contributed by atoms with Gasteiger partial charge in [-0.25, -0.2) is 4.98 Å². The van der Waals surface area contributed by atoms with E-state index in [0.717, 1.165) is 23.2 Å². The van der Waals surface area contributed by atoms with Crippen LogP contribution in [-0.2, 0) is 11.2 Å². The highest BCUT2D eigenvalue weighted by atomic mass is 35.5. The van der Waals surface area contributed by atoms with Crippen LogP contribution in [0.15, 0.2) is 0 Å². The summed E-state index contributed by atoms with van der Waals surface area (Å²) in [7, 11) is 0. The third-order valence-corrected chi connectivity index (χ3v) is 3.43. The quantitative estimate of drug-likeness (QED) is 0.616. The maximum Gasteiger partial charge on any atom is 0.220 e. The van der Waals surface area contributed by atoms with Gasteiger partial charge in [-0.2, -0.15) is 5.26 Å². The molecule has 0 aliphatic carbocycles. The van der Waals surface area contributed by atoms with Gasteiger partial charge in [0.2, 0.25) is 5.91 Å². The summed E-state index contributed by atoms with van der Waals surface area (Å²) >= 11 is 5.93. The van der Waals surface area contributed by atoms with Gasteiger partial charge in [-0.3, -0.25) is 4.79 Å². The van der Waals surface area contributed by atoms with Gasteiger partial charge in [0.25, 0.3) is 0 Å². The van der Waals surface area contributed by atoms with Crippen LogP contribution in [-0.4, -0.2) is 24.0 Å². The van der Waals surface area contributed by atoms with E-state index in [9.17, 15) is 4.79 Å². The number of nitrogens with zero attached hydrogens (tertiary/aromatic N) is 2. The number of hydrogen-bond donors (Lipinski definition) is 2. The predicted molar refractivity (Wildman–Crippen MR) is 78.4 cm³/mol. The summed E-state index contributed by atoms with van der Waals surface area (Å²) in [6.07, 6.45) is 1.68. The third kappa shape index (κ3) is 4.19. The number of nitrogens with two attached hydrogens (primary N) is 1. The Kier molecular flexibility index (Phi) is 6.43. The number of rotatable bonds is 6. The van der Waals surface area contributed by atoms with Crippen LogP contribution in [0.25, 0.3) is 0 Å². The first-order chi connectivity index (χ1) is 9.51. The lowest BCUT2D eigenvalue weighted by Crippen LogP contribution is -2.26. The fourth-order valence-electron chi connectivity index (χ4n) is 2.00. The maximum atomic E-state index is 11.7. The Balaban J connectivity index is 2.74. The molecule has 0 unspecified atom stereocenters. The first kappa shape index (κ1) is 16.4. The molecule has 1 aromatic heterocycles. The zero-order chi connectivity index (χ0) is 15.1. The number of nitriles is 1. The SMILES string of the molecule is Cc1nc(Cl)c(C#N)c(C)c1CCC(=O)NCCCN. The van der Waals surface area contributed by atoms with Gasteiger partial charge in [0.15, 0.2) is 0 Å². The van der Waals surface area contributed by atoms with Crippen LogP contribution < -0.4 is 11.1 Å². The molecular weight excluding hydrogens is 276 g/mol. The van der Waals surface area contributed by atoms with Gasteiger partial charge in [0, 0.05) is 18.7 Å². The van der Waals surface area contributed by atoms with Crippen molar-refractivity contribution in [3.05, 3.63) is 27.5 Å². The van der Waals surface area contributed by atoms with E-state index in [0.29, 0.717) is 31.5 Å². The fourth-order valence-corrected chi connectivity index (χ4v) is 2.31. The Morgan fingerprint density at radius 1 is 1.50 bits per heavy atom. The van der Waals surface area contributed by atoms with E-state index in [1.807, 2.05) is 13.8 Å². The van der Waals surface area contributed by atoms with Crippen LogP contribution >= 0.6 is 11.6 Å². The average Bonchev–Trinajstić information content (AvgIpc) is 2.38. The summed E-state index contributed by atoms with van der Waals surface area (Å²) in [4.78, 5) is 15.8. The van der Waals surface area contributed by atoms with Crippen molar-refractivity contribution in [3.8, 4) is 6.07 Å². The van der Waals surface area contributed by atoms with Crippen molar-refractivity contribution >= 4 is 17.5 Å². The minimum absolute atomic E-state index is 0.0225. The second-order valence-corrected chi connectivity index (χ2v) is 4.93. The normalized spacial score (nSPS) is 10.2. The van der Waals surface area contributed by atoms with Crippen LogP contribution in [0.1, 0.15) is 35.2 Å². The van der Waals surface area contributed by atoms with Gasteiger partial charge in [-0.05, 0) is 44.4 Å². The van der Waals surface area contributed by atoms with E-state index in [2.05, 4.69) is 16.4 Å². The summed E-state index contributed by atoms with van der Waals surface area (Å²) in [5, 5.41) is 12.1. The fraction of sp³-hybridized carbons (Fsp3) is 0.500. The highest BCUT2D eigenvalue weighted by Crippen LogP contribution is 2.23. The van der Waals surface area contributed by atoms with Gasteiger partial charge >= 0.3 is 0 Å². The minimum Gasteiger partial charge on any atom is -0.356 e. The van der Waals surface area contributed by atoms with Crippen molar-refractivity contribution in [3.63, 3.8) is 0 Å². The molecule has 0 aliphatic rings. The number of aryl methyl sites for hydroxylation is 1. The molecule has 20 heavy (non-hydrogen) atoms. The van der Waals surface area contributed by atoms with E-state index in [4.69, 9.17) is 22.6 Å². The Morgan fingerprint density at radius 2 is 2.20 bits per heavy atom. The number of carbonyl (C=O) groups is 1. The molecule has 1 aromatic rings. The molecule has 6 heteroatoms. The number of halogens is 1. The molecule has 0 radical (unpaired) electrons. The maximum absolute atomic E-state index is 11.7. The number of aromatic nitrogens is 1. The number of carbonyl (C=O) groups excluding carboxylic acids is 1. The van der Waals surface area contributed by atoms with Gasteiger partial charge in [-0.15, -0.1) is 0 Å². The van der Waals surface area contributed by atoms with E-state index in [1.165, 1.54) is 0 Å². The van der Waals surface area contributed by atoms with Gasteiger partial charge in [-0.1, -0.05) is 11.6 Å². The summed E-state index contributed by atoms with van der Waals surface area (Å²) in [5.41, 5.74) is 8.23. The van der Waals surface area contributed by atoms with Crippen molar-refractivity contribution in [2.45, 2.75) is 33.1 Å². The zero-order valence-corrected chi connectivity index (χ0v) is 12.5. The van der Waals surface area contributed by atoms with E-state index < -0.39 is 0 Å². The molecule has 5 nitrogen and oxygen atoms in total. The molecule has 1 heterocycles. The van der Waals surface area contributed by atoms with Crippen LogP contribution in [0.2, 0.25) is 5.15 Å². The van der Waals surface area contributed by atoms with Crippen LogP contribution in [0.5, 0.6) is 0 Å². The van der Waals surface area contributed by atoms with Gasteiger partial charge in [0.05, 0.1) is 5.56 Å². The predicted octanol–water partition coefficient (Wildman–Crippen LogP) is 1.62. The topological polar surface area (TPSA) is 91.8 Å².